The maximum Gasteiger partial charge on any atom is 0.265 e. The molecule has 0 fully saturated rings. The molecule has 28 heavy (non-hydrogen) atoms. The second-order valence-corrected chi connectivity index (χ2v) is 7.74. The van der Waals surface area contributed by atoms with Gasteiger partial charge in [-0.1, -0.05) is 12.1 Å². The van der Waals surface area contributed by atoms with Gasteiger partial charge in [0.1, 0.15) is 13.2 Å². The molecular weight excluding hydrogens is 444 g/mol. The van der Waals surface area contributed by atoms with Gasteiger partial charge in [-0.3, -0.25) is 9.59 Å². The van der Waals surface area contributed by atoms with Crippen molar-refractivity contribution in [2.75, 3.05) is 23.8 Å². The minimum atomic E-state index is -0.301. The first-order valence-corrected chi connectivity index (χ1v) is 10.1. The number of ether oxygens (including phenoxy) is 2. The van der Waals surface area contributed by atoms with Crippen molar-refractivity contribution in [3.05, 3.63) is 68.8 Å². The van der Waals surface area contributed by atoms with Gasteiger partial charge in [0.2, 0.25) is 0 Å². The third kappa shape index (κ3) is 4.02. The zero-order valence-corrected chi connectivity index (χ0v) is 16.9. The summed E-state index contributed by atoms with van der Waals surface area (Å²) < 4.78 is 11.8. The molecule has 1 aromatic heterocycles. The Balaban J connectivity index is 1.50. The van der Waals surface area contributed by atoms with Gasteiger partial charge in [-0.25, -0.2) is 0 Å². The molecule has 0 atom stereocenters. The fourth-order valence-electron chi connectivity index (χ4n) is 2.69. The molecule has 3 aromatic rings. The van der Waals surface area contributed by atoms with Crippen LogP contribution in [0.15, 0.2) is 58.4 Å². The SMILES string of the molecule is O=C(Nc1cc2c(cc1Br)OCCO2)c1cccc(NC(=O)c2cccs2)c1. The summed E-state index contributed by atoms with van der Waals surface area (Å²) in [7, 11) is 0. The van der Waals surface area contributed by atoms with Crippen LogP contribution >= 0.6 is 27.3 Å². The predicted molar refractivity (Wildman–Crippen MR) is 112 cm³/mol. The molecule has 0 saturated heterocycles. The highest BCUT2D eigenvalue weighted by Crippen LogP contribution is 2.38. The number of amides is 2. The lowest BCUT2D eigenvalue weighted by Crippen LogP contribution is -2.17. The maximum atomic E-state index is 12.7. The van der Waals surface area contributed by atoms with Crippen LogP contribution in [0.2, 0.25) is 0 Å². The number of halogens is 1. The topological polar surface area (TPSA) is 76.7 Å². The average molecular weight is 459 g/mol. The molecule has 8 heteroatoms. The number of fused-ring (bicyclic) bond motifs is 1. The van der Waals surface area contributed by atoms with Crippen molar-refractivity contribution in [3.63, 3.8) is 0 Å². The first-order valence-electron chi connectivity index (χ1n) is 8.45. The number of thiophene rings is 1. The van der Waals surface area contributed by atoms with Gasteiger partial charge in [0.25, 0.3) is 11.8 Å². The highest BCUT2D eigenvalue weighted by molar-refractivity contribution is 9.10. The predicted octanol–water partition coefficient (Wildman–Crippen LogP) is 4.79. The van der Waals surface area contributed by atoms with Crippen LogP contribution in [-0.2, 0) is 0 Å². The summed E-state index contributed by atoms with van der Waals surface area (Å²) in [5.74, 6) is 0.711. The van der Waals surface area contributed by atoms with Crippen LogP contribution in [0.25, 0.3) is 0 Å². The number of benzene rings is 2. The summed E-state index contributed by atoms with van der Waals surface area (Å²) in [4.78, 5) is 25.5. The third-order valence-corrected chi connectivity index (χ3v) is 5.53. The lowest BCUT2D eigenvalue weighted by molar-refractivity contribution is 0.101. The molecule has 0 saturated carbocycles. The van der Waals surface area contributed by atoms with E-state index in [4.69, 9.17) is 9.47 Å². The van der Waals surface area contributed by atoms with E-state index in [2.05, 4.69) is 26.6 Å². The van der Waals surface area contributed by atoms with Crippen molar-refractivity contribution in [1.29, 1.82) is 0 Å². The largest absolute Gasteiger partial charge is 0.486 e. The highest BCUT2D eigenvalue weighted by Gasteiger charge is 2.17. The number of carbonyl (C=O) groups is 2. The van der Waals surface area contributed by atoms with Gasteiger partial charge in [-0.2, -0.15) is 0 Å². The highest BCUT2D eigenvalue weighted by atomic mass is 79.9. The van der Waals surface area contributed by atoms with Gasteiger partial charge in [0, 0.05) is 27.9 Å². The fraction of sp³-hybridized carbons (Fsp3) is 0.100. The summed E-state index contributed by atoms with van der Waals surface area (Å²) in [5, 5.41) is 7.49. The summed E-state index contributed by atoms with van der Waals surface area (Å²) >= 11 is 4.80. The summed E-state index contributed by atoms with van der Waals surface area (Å²) in [5.41, 5.74) is 1.54. The molecule has 0 unspecified atom stereocenters. The molecule has 1 aliphatic rings. The molecule has 2 aromatic carbocycles. The Morgan fingerprint density at radius 3 is 2.46 bits per heavy atom. The van der Waals surface area contributed by atoms with Crippen molar-refractivity contribution in [2.24, 2.45) is 0 Å². The van der Waals surface area contributed by atoms with Gasteiger partial charge < -0.3 is 20.1 Å². The van der Waals surface area contributed by atoms with E-state index >= 15 is 0 Å². The smallest absolute Gasteiger partial charge is 0.265 e. The van der Waals surface area contributed by atoms with Crippen LogP contribution in [0.3, 0.4) is 0 Å². The zero-order chi connectivity index (χ0) is 19.5. The van der Waals surface area contributed by atoms with E-state index in [9.17, 15) is 9.59 Å². The Kier molecular flexibility index (Phi) is 5.31. The van der Waals surface area contributed by atoms with Gasteiger partial charge in [0.15, 0.2) is 11.5 Å². The molecule has 2 N–H and O–H groups in total. The Hall–Kier alpha value is -2.84. The first kappa shape index (κ1) is 18.5. The van der Waals surface area contributed by atoms with Gasteiger partial charge in [-0.15, -0.1) is 11.3 Å². The second kappa shape index (κ2) is 8.04. The minimum absolute atomic E-state index is 0.206. The molecule has 2 heterocycles. The lowest BCUT2D eigenvalue weighted by Gasteiger charge is -2.20. The molecule has 0 spiro atoms. The zero-order valence-electron chi connectivity index (χ0n) is 14.5. The van der Waals surface area contributed by atoms with E-state index in [1.54, 1.807) is 42.5 Å². The maximum absolute atomic E-state index is 12.7. The average Bonchev–Trinajstić information content (AvgIpc) is 3.24. The van der Waals surface area contributed by atoms with Crippen LogP contribution in [-0.4, -0.2) is 25.0 Å². The van der Waals surface area contributed by atoms with Gasteiger partial charge in [0.05, 0.1) is 10.6 Å². The molecule has 0 aliphatic carbocycles. The first-order chi connectivity index (χ1) is 13.6. The quantitative estimate of drug-likeness (QED) is 0.589. The Bertz CT molecular complexity index is 1040. The van der Waals surface area contributed by atoms with E-state index in [0.29, 0.717) is 51.0 Å². The van der Waals surface area contributed by atoms with Crippen LogP contribution in [0.4, 0.5) is 11.4 Å². The van der Waals surface area contributed by atoms with E-state index in [1.165, 1.54) is 11.3 Å². The number of nitrogens with one attached hydrogen (secondary N) is 2. The minimum Gasteiger partial charge on any atom is -0.486 e. The van der Waals surface area contributed by atoms with E-state index in [-0.39, 0.29) is 11.8 Å². The number of hydrogen-bond donors (Lipinski definition) is 2. The monoisotopic (exact) mass is 458 g/mol. The van der Waals surface area contributed by atoms with Crippen molar-refractivity contribution >= 4 is 50.5 Å². The van der Waals surface area contributed by atoms with E-state index < -0.39 is 0 Å². The second-order valence-electron chi connectivity index (χ2n) is 5.94. The number of anilines is 2. The van der Waals surface area contributed by atoms with Crippen molar-refractivity contribution < 1.29 is 19.1 Å². The fourth-order valence-corrected chi connectivity index (χ4v) is 3.73. The Morgan fingerprint density at radius 1 is 0.929 bits per heavy atom. The summed E-state index contributed by atoms with van der Waals surface area (Å²) in [6.45, 7) is 0.961. The number of hydrogen-bond acceptors (Lipinski definition) is 5. The molecule has 1 aliphatic heterocycles. The Morgan fingerprint density at radius 2 is 1.71 bits per heavy atom. The van der Waals surface area contributed by atoms with Crippen LogP contribution in [0, 0.1) is 0 Å². The van der Waals surface area contributed by atoms with Crippen LogP contribution in [0.1, 0.15) is 20.0 Å². The molecule has 0 bridgehead atoms. The standard InChI is InChI=1S/C20H15BrN2O4S/c21-14-10-16-17(27-7-6-26-16)11-15(14)23-19(24)12-3-1-4-13(9-12)22-20(25)18-5-2-8-28-18/h1-5,8-11H,6-7H2,(H,22,25)(H,23,24). The normalized spacial score (nSPS) is 12.3. The molecular formula is C20H15BrN2O4S. The molecule has 142 valence electrons. The van der Waals surface area contributed by atoms with Gasteiger partial charge >= 0.3 is 0 Å². The summed E-state index contributed by atoms with van der Waals surface area (Å²) in [6.07, 6.45) is 0. The van der Waals surface area contributed by atoms with Gasteiger partial charge in [-0.05, 0) is 45.6 Å². The van der Waals surface area contributed by atoms with Crippen molar-refractivity contribution in [1.82, 2.24) is 0 Å². The van der Waals surface area contributed by atoms with Crippen molar-refractivity contribution in [3.8, 4) is 11.5 Å². The molecule has 2 amide bonds. The summed E-state index contributed by atoms with van der Waals surface area (Å²) in [6, 6.07) is 13.8. The Labute approximate surface area is 173 Å². The van der Waals surface area contributed by atoms with Crippen LogP contribution in [0.5, 0.6) is 11.5 Å². The lowest BCUT2D eigenvalue weighted by atomic mass is 10.1. The van der Waals surface area contributed by atoms with E-state index in [1.807, 2.05) is 11.4 Å². The van der Waals surface area contributed by atoms with Crippen molar-refractivity contribution in [2.45, 2.75) is 0 Å². The third-order valence-electron chi connectivity index (χ3n) is 4.01. The molecule has 6 nitrogen and oxygen atoms in total. The number of rotatable bonds is 4. The molecule has 0 radical (unpaired) electrons. The number of carbonyl (C=O) groups excluding carboxylic acids is 2. The van der Waals surface area contributed by atoms with E-state index in [0.717, 1.165) is 0 Å². The molecule has 4 rings (SSSR count). The van der Waals surface area contributed by atoms with Crippen LogP contribution < -0.4 is 20.1 Å².